The molecule has 0 spiro atoms. The van der Waals surface area contributed by atoms with E-state index in [0.29, 0.717) is 0 Å². The smallest absolute Gasteiger partial charge is 0.328 e. The van der Waals surface area contributed by atoms with Gasteiger partial charge in [-0.15, -0.1) is 0 Å². The lowest BCUT2D eigenvalue weighted by Crippen LogP contribution is -1.89. The highest BCUT2D eigenvalue weighted by atomic mass is 16.4. The maximum absolute atomic E-state index is 10.3. The van der Waals surface area contributed by atoms with Crippen molar-refractivity contribution >= 4 is 12.0 Å². The van der Waals surface area contributed by atoms with Crippen molar-refractivity contribution in [3.63, 3.8) is 0 Å². The van der Waals surface area contributed by atoms with Crippen LogP contribution in [0.3, 0.4) is 0 Å². The van der Waals surface area contributed by atoms with Crippen molar-refractivity contribution in [1.82, 2.24) is 0 Å². The normalized spacial score (nSPS) is 11.4. The number of carboxylic acids is 1. The SMILES string of the molecule is Cc1ccc(/C=C/C=C/C(=O)O)c(C)c1C. The first kappa shape index (κ1) is 12.2. The molecule has 0 aliphatic rings. The summed E-state index contributed by atoms with van der Waals surface area (Å²) in [6.45, 7) is 6.25. The number of hydrogen-bond acceptors (Lipinski definition) is 1. The van der Waals surface area contributed by atoms with Gasteiger partial charge in [0.2, 0.25) is 0 Å². The largest absolute Gasteiger partial charge is 0.478 e. The van der Waals surface area contributed by atoms with E-state index in [9.17, 15) is 4.79 Å². The zero-order valence-corrected chi connectivity index (χ0v) is 9.82. The molecule has 0 saturated carbocycles. The monoisotopic (exact) mass is 216 g/mol. The number of rotatable bonds is 3. The number of carbonyl (C=O) groups is 1. The van der Waals surface area contributed by atoms with E-state index < -0.39 is 5.97 Å². The van der Waals surface area contributed by atoms with E-state index in [1.54, 1.807) is 6.08 Å². The maximum Gasteiger partial charge on any atom is 0.328 e. The van der Waals surface area contributed by atoms with Gasteiger partial charge in [-0.3, -0.25) is 0 Å². The van der Waals surface area contributed by atoms with Crippen LogP contribution in [0.15, 0.2) is 30.4 Å². The van der Waals surface area contributed by atoms with E-state index >= 15 is 0 Å². The van der Waals surface area contributed by atoms with E-state index in [4.69, 9.17) is 5.11 Å². The summed E-state index contributed by atoms with van der Waals surface area (Å²) in [5, 5.41) is 8.43. The van der Waals surface area contributed by atoms with Crippen molar-refractivity contribution in [2.75, 3.05) is 0 Å². The average Bonchev–Trinajstić information content (AvgIpc) is 2.23. The standard InChI is InChI=1S/C14H16O2/c1-10-8-9-13(12(3)11(10)2)6-4-5-7-14(15)16/h4-9H,1-3H3,(H,15,16)/b6-4+,7-5+. The fraction of sp³-hybridized carbons (Fsp3) is 0.214. The first-order chi connectivity index (χ1) is 7.52. The summed E-state index contributed by atoms with van der Waals surface area (Å²) in [6, 6.07) is 4.12. The van der Waals surface area contributed by atoms with Gasteiger partial charge >= 0.3 is 5.97 Å². The Labute approximate surface area is 95.9 Å². The molecule has 0 aliphatic carbocycles. The number of benzene rings is 1. The topological polar surface area (TPSA) is 37.3 Å². The minimum absolute atomic E-state index is 0.929. The molecule has 0 fully saturated rings. The van der Waals surface area contributed by atoms with Crippen molar-refractivity contribution in [2.45, 2.75) is 20.8 Å². The van der Waals surface area contributed by atoms with Crippen LogP contribution >= 0.6 is 0 Å². The number of carboxylic acid groups (broad SMARTS) is 1. The highest BCUT2D eigenvalue weighted by Crippen LogP contribution is 2.18. The number of aliphatic carboxylic acids is 1. The molecule has 0 bridgehead atoms. The Morgan fingerprint density at radius 2 is 1.81 bits per heavy atom. The highest BCUT2D eigenvalue weighted by Gasteiger charge is 1.99. The van der Waals surface area contributed by atoms with Crippen molar-refractivity contribution in [3.05, 3.63) is 52.6 Å². The third-order valence-corrected chi connectivity index (χ3v) is 2.73. The molecule has 2 heteroatoms. The summed E-state index contributed by atoms with van der Waals surface area (Å²) in [5.74, 6) is -0.929. The molecule has 0 radical (unpaired) electrons. The molecule has 1 aromatic carbocycles. The van der Waals surface area contributed by atoms with Gasteiger partial charge in [0.15, 0.2) is 0 Å². The van der Waals surface area contributed by atoms with E-state index in [2.05, 4.69) is 26.8 Å². The van der Waals surface area contributed by atoms with E-state index in [0.717, 1.165) is 11.6 Å². The zero-order valence-electron chi connectivity index (χ0n) is 9.82. The molecule has 0 saturated heterocycles. The van der Waals surface area contributed by atoms with Gasteiger partial charge in [0.05, 0.1) is 0 Å². The molecule has 1 aromatic rings. The molecule has 1 N–H and O–H groups in total. The lowest BCUT2D eigenvalue weighted by atomic mass is 9.99. The molecule has 0 amide bonds. The Morgan fingerprint density at radius 3 is 2.44 bits per heavy atom. The predicted octanol–water partition coefficient (Wildman–Crippen LogP) is 3.27. The molecule has 0 unspecified atom stereocenters. The molecule has 1 rings (SSSR count). The number of allylic oxidation sites excluding steroid dienone is 2. The number of hydrogen-bond donors (Lipinski definition) is 1. The van der Waals surface area contributed by atoms with Crippen molar-refractivity contribution < 1.29 is 9.90 Å². The minimum Gasteiger partial charge on any atom is -0.478 e. The van der Waals surface area contributed by atoms with Crippen LogP contribution in [0.5, 0.6) is 0 Å². The van der Waals surface area contributed by atoms with Gasteiger partial charge in [0, 0.05) is 6.08 Å². The number of aryl methyl sites for hydroxylation is 1. The zero-order chi connectivity index (χ0) is 12.1. The van der Waals surface area contributed by atoms with Crippen LogP contribution < -0.4 is 0 Å². The summed E-state index contributed by atoms with van der Waals surface area (Å²) in [5.41, 5.74) is 4.92. The third kappa shape index (κ3) is 3.09. The lowest BCUT2D eigenvalue weighted by Gasteiger charge is -2.07. The van der Waals surface area contributed by atoms with Gasteiger partial charge in [-0.1, -0.05) is 30.4 Å². The van der Waals surface area contributed by atoms with Gasteiger partial charge in [0.25, 0.3) is 0 Å². The molecule has 16 heavy (non-hydrogen) atoms. The second-order valence-corrected chi connectivity index (χ2v) is 3.78. The summed E-state index contributed by atoms with van der Waals surface area (Å²) in [6.07, 6.45) is 6.30. The molecule has 0 aromatic heterocycles. The van der Waals surface area contributed by atoms with Gasteiger partial charge in [0.1, 0.15) is 0 Å². The third-order valence-electron chi connectivity index (χ3n) is 2.73. The first-order valence-electron chi connectivity index (χ1n) is 5.17. The average molecular weight is 216 g/mol. The molecule has 0 heterocycles. The Morgan fingerprint density at radius 1 is 1.12 bits per heavy atom. The van der Waals surface area contributed by atoms with Gasteiger partial charge < -0.3 is 5.11 Å². The van der Waals surface area contributed by atoms with Crippen LogP contribution in [-0.4, -0.2) is 11.1 Å². The quantitative estimate of drug-likeness (QED) is 0.622. The second-order valence-electron chi connectivity index (χ2n) is 3.78. The molecule has 0 atom stereocenters. The van der Waals surface area contributed by atoms with Crippen molar-refractivity contribution in [3.8, 4) is 0 Å². The summed E-state index contributed by atoms with van der Waals surface area (Å²) in [4.78, 5) is 10.3. The van der Waals surface area contributed by atoms with E-state index in [1.165, 1.54) is 22.8 Å². The predicted molar refractivity (Wildman–Crippen MR) is 66.5 cm³/mol. The summed E-state index contributed by atoms with van der Waals surface area (Å²) in [7, 11) is 0. The van der Waals surface area contributed by atoms with Gasteiger partial charge in [-0.25, -0.2) is 4.79 Å². The Kier molecular flexibility index (Phi) is 4.06. The summed E-state index contributed by atoms with van der Waals surface area (Å²) >= 11 is 0. The molecular weight excluding hydrogens is 200 g/mol. The highest BCUT2D eigenvalue weighted by molar-refractivity contribution is 5.80. The first-order valence-corrected chi connectivity index (χ1v) is 5.17. The van der Waals surface area contributed by atoms with Crippen LogP contribution in [0.25, 0.3) is 6.08 Å². The minimum atomic E-state index is -0.929. The Bertz CT molecular complexity index is 454. The van der Waals surface area contributed by atoms with Crippen LogP contribution in [-0.2, 0) is 4.79 Å². The molecular formula is C14H16O2. The molecule has 84 valence electrons. The van der Waals surface area contributed by atoms with Crippen molar-refractivity contribution in [2.24, 2.45) is 0 Å². The molecule has 0 aliphatic heterocycles. The van der Waals surface area contributed by atoms with Gasteiger partial charge in [-0.2, -0.15) is 0 Å². The van der Waals surface area contributed by atoms with Crippen LogP contribution in [0, 0.1) is 20.8 Å². The molecule has 2 nitrogen and oxygen atoms in total. The fourth-order valence-corrected chi connectivity index (χ4v) is 1.45. The van der Waals surface area contributed by atoms with Crippen LogP contribution in [0.4, 0.5) is 0 Å². The lowest BCUT2D eigenvalue weighted by molar-refractivity contribution is -0.131. The van der Waals surface area contributed by atoms with Crippen LogP contribution in [0.2, 0.25) is 0 Å². The van der Waals surface area contributed by atoms with E-state index in [1.807, 2.05) is 12.1 Å². The van der Waals surface area contributed by atoms with Gasteiger partial charge in [-0.05, 0) is 43.0 Å². The maximum atomic E-state index is 10.3. The Balaban J connectivity index is 2.90. The van der Waals surface area contributed by atoms with Crippen molar-refractivity contribution in [1.29, 1.82) is 0 Å². The van der Waals surface area contributed by atoms with Crippen LogP contribution in [0.1, 0.15) is 22.3 Å². The summed E-state index contributed by atoms with van der Waals surface area (Å²) < 4.78 is 0. The van der Waals surface area contributed by atoms with E-state index in [-0.39, 0.29) is 0 Å². The Hall–Kier alpha value is -1.83. The fourth-order valence-electron chi connectivity index (χ4n) is 1.45. The second kappa shape index (κ2) is 5.31.